The van der Waals surface area contributed by atoms with Crippen LogP contribution in [0.1, 0.15) is 11.1 Å². The fourth-order valence-corrected chi connectivity index (χ4v) is 4.37. The third-order valence-corrected chi connectivity index (χ3v) is 6.33. The van der Waals surface area contributed by atoms with E-state index in [0.29, 0.717) is 23.5 Å². The SMILES string of the molecule is COc1ccc(NS(=O)(=O)c2cc(NC(=O)CNC(=O)NCc3ccccc3)ccc2C)cc1. The predicted molar refractivity (Wildman–Crippen MR) is 130 cm³/mol. The third-order valence-electron chi connectivity index (χ3n) is 4.81. The van der Waals surface area contributed by atoms with Crippen molar-refractivity contribution < 1.29 is 22.7 Å². The number of hydrogen-bond acceptors (Lipinski definition) is 5. The fourth-order valence-electron chi connectivity index (χ4n) is 3.04. The van der Waals surface area contributed by atoms with Crippen LogP contribution in [0.4, 0.5) is 16.2 Å². The van der Waals surface area contributed by atoms with E-state index in [0.717, 1.165) is 5.56 Å². The predicted octanol–water partition coefficient (Wildman–Crippen LogP) is 3.24. The maximum absolute atomic E-state index is 12.9. The van der Waals surface area contributed by atoms with Gasteiger partial charge in [0.15, 0.2) is 0 Å². The van der Waals surface area contributed by atoms with Gasteiger partial charge in [-0.05, 0) is 54.4 Å². The van der Waals surface area contributed by atoms with Crippen LogP contribution in [0.3, 0.4) is 0 Å². The maximum Gasteiger partial charge on any atom is 0.315 e. The standard InChI is InChI=1S/C24H26N4O5S/c1-17-8-9-20(14-22(17)34(31,32)28-19-10-12-21(33-2)13-11-19)27-23(29)16-26-24(30)25-15-18-6-4-3-5-7-18/h3-14,28H,15-16H2,1-2H3,(H,27,29)(H2,25,26,30). The van der Waals surface area contributed by atoms with Crippen LogP contribution in [0.15, 0.2) is 77.7 Å². The number of urea groups is 1. The van der Waals surface area contributed by atoms with E-state index in [2.05, 4.69) is 20.7 Å². The van der Waals surface area contributed by atoms with E-state index < -0.39 is 22.0 Å². The van der Waals surface area contributed by atoms with Gasteiger partial charge in [-0.3, -0.25) is 9.52 Å². The lowest BCUT2D eigenvalue weighted by atomic mass is 10.2. The molecule has 3 rings (SSSR count). The van der Waals surface area contributed by atoms with Gasteiger partial charge < -0.3 is 20.7 Å². The molecule has 0 atom stereocenters. The lowest BCUT2D eigenvalue weighted by Gasteiger charge is -2.13. The van der Waals surface area contributed by atoms with Crippen LogP contribution in [0.2, 0.25) is 0 Å². The third kappa shape index (κ3) is 6.97. The number of rotatable bonds is 9. The van der Waals surface area contributed by atoms with Gasteiger partial charge in [0, 0.05) is 17.9 Å². The maximum atomic E-state index is 12.9. The topological polar surface area (TPSA) is 126 Å². The average molecular weight is 483 g/mol. The number of amides is 3. The van der Waals surface area contributed by atoms with Gasteiger partial charge in [-0.1, -0.05) is 36.4 Å². The van der Waals surface area contributed by atoms with Crippen molar-refractivity contribution in [3.05, 3.63) is 83.9 Å². The summed E-state index contributed by atoms with van der Waals surface area (Å²) in [5.41, 5.74) is 2.11. The number of anilines is 2. The second kappa shape index (κ2) is 11.2. The van der Waals surface area contributed by atoms with Crippen LogP contribution in [0.25, 0.3) is 0 Å². The van der Waals surface area contributed by atoms with Gasteiger partial charge in [0.1, 0.15) is 5.75 Å². The van der Waals surface area contributed by atoms with Crippen LogP contribution in [0.5, 0.6) is 5.75 Å². The Labute approximate surface area is 198 Å². The molecule has 0 heterocycles. The molecule has 3 aromatic carbocycles. The molecule has 178 valence electrons. The van der Waals surface area contributed by atoms with Crippen LogP contribution >= 0.6 is 0 Å². The molecule has 0 aliphatic rings. The first kappa shape index (κ1) is 24.6. The number of aryl methyl sites for hydroxylation is 1. The van der Waals surface area contributed by atoms with E-state index in [1.165, 1.54) is 13.2 Å². The summed E-state index contributed by atoms with van der Waals surface area (Å²) in [6, 6.07) is 19.9. The van der Waals surface area contributed by atoms with Gasteiger partial charge >= 0.3 is 6.03 Å². The Morgan fingerprint density at radius 2 is 1.56 bits per heavy atom. The average Bonchev–Trinajstić information content (AvgIpc) is 2.83. The molecule has 34 heavy (non-hydrogen) atoms. The monoisotopic (exact) mass is 482 g/mol. The number of carbonyl (C=O) groups excluding carboxylic acids is 2. The normalized spacial score (nSPS) is 10.8. The summed E-state index contributed by atoms with van der Waals surface area (Å²) in [6.07, 6.45) is 0. The van der Waals surface area contributed by atoms with Crippen molar-refractivity contribution in [2.45, 2.75) is 18.4 Å². The summed E-state index contributed by atoms with van der Waals surface area (Å²) >= 11 is 0. The quantitative estimate of drug-likeness (QED) is 0.373. The molecule has 0 radical (unpaired) electrons. The van der Waals surface area contributed by atoms with Crippen molar-refractivity contribution >= 4 is 33.3 Å². The lowest BCUT2D eigenvalue weighted by Crippen LogP contribution is -2.39. The van der Waals surface area contributed by atoms with E-state index in [9.17, 15) is 18.0 Å². The zero-order valence-corrected chi connectivity index (χ0v) is 19.6. The molecule has 0 aliphatic heterocycles. The molecule has 0 saturated carbocycles. The lowest BCUT2D eigenvalue weighted by molar-refractivity contribution is -0.115. The number of carbonyl (C=O) groups is 2. The second-order valence-electron chi connectivity index (χ2n) is 7.38. The molecule has 0 spiro atoms. The van der Waals surface area contributed by atoms with Gasteiger partial charge in [-0.2, -0.15) is 0 Å². The molecule has 4 N–H and O–H groups in total. The highest BCUT2D eigenvalue weighted by molar-refractivity contribution is 7.92. The van der Waals surface area contributed by atoms with Crippen molar-refractivity contribution in [3.8, 4) is 5.75 Å². The number of ether oxygens (including phenoxy) is 1. The van der Waals surface area contributed by atoms with E-state index in [-0.39, 0.29) is 17.1 Å². The Hall–Kier alpha value is -4.05. The van der Waals surface area contributed by atoms with E-state index >= 15 is 0 Å². The summed E-state index contributed by atoms with van der Waals surface area (Å²) < 4.78 is 33.4. The summed E-state index contributed by atoms with van der Waals surface area (Å²) in [7, 11) is -2.38. The Balaban J connectivity index is 1.57. The van der Waals surface area contributed by atoms with E-state index in [1.54, 1.807) is 43.3 Å². The number of benzene rings is 3. The van der Waals surface area contributed by atoms with Crippen molar-refractivity contribution in [2.24, 2.45) is 0 Å². The minimum Gasteiger partial charge on any atom is -0.497 e. The number of sulfonamides is 1. The number of nitrogens with one attached hydrogen (secondary N) is 4. The number of methoxy groups -OCH3 is 1. The fraction of sp³-hybridized carbons (Fsp3) is 0.167. The summed E-state index contributed by atoms with van der Waals surface area (Å²) in [4.78, 5) is 24.2. The second-order valence-corrected chi connectivity index (χ2v) is 9.04. The van der Waals surface area contributed by atoms with Crippen LogP contribution in [-0.4, -0.2) is 34.0 Å². The Morgan fingerprint density at radius 3 is 2.24 bits per heavy atom. The molecule has 10 heteroatoms. The summed E-state index contributed by atoms with van der Waals surface area (Å²) in [6.45, 7) is 1.71. The highest BCUT2D eigenvalue weighted by Gasteiger charge is 2.18. The van der Waals surface area contributed by atoms with E-state index in [4.69, 9.17) is 4.74 Å². The minimum absolute atomic E-state index is 0.0229. The first-order chi connectivity index (χ1) is 16.3. The van der Waals surface area contributed by atoms with Crippen LogP contribution < -0.4 is 25.4 Å². The van der Waals surface area contributed by atoms with Crippen LogP contribution in [0, 0.1) is 6.92 Å². The first-order valence-electron chi connectivity index (χ1n) is 10.4. The van der Waals surface area contributed by atoms with Crippen molar-refractivity contribution in [1.82, 2.24) is 10.6 Å². The van der Waals surface area contributed by atoms with Crippen molar-refractivity contribution in [1.29, 1.82) is 0 Å². The smallest absolute Gasteiger partial charge is 0.315 e. The van der Waals surface area contributed by atoms with Gasteiger partial charge in [0.05, 0.1) is 18.6 Å². The zero-order valence-electron chi connectivity index (χ0n) is 18.8. The van der Waals surface area contributed by atoms with Gasteiger partial charge in [-0.25, -0.2) is 13.2 Å². The molecule has 3 amide bonds. The molecule has 9 nitrogen and oxygen atoms in total. The number of hydrogen-bond donors (Lipinski definition) is 4. The van der Waals surface area contributed by atoms with Crippen molar-refractivity contribution in [2.75, 3.05) is 23.7 Å². The van der Waals surface area contributed by atoms with Crippen LogP contribution in [-0.2, 0) is 21.4 Å². The van der Waals surface area contributed by atoms with Gasteiger partial charge in [0.25, 0.3) is 10.0 Å². The molecular formula is C24H26N4O5S. The Bertz CT molecular complexity index is 1250. The summed E-state index contributed by atoms with van der Waals surface area (Å²) in [5.74, 6) is 0.108. The van der Waals surface area contributed by atoms with Gasteiger partial charge in [-0.15, -0.1) is 0 Å². The highest BCUT2D eigenvalue weighted by Crippen LogP contribution is 2.24. The van der Waals surface area contributed by atoms with E-state index in [1.807, 2.05) is 30.3 Å². The molecule has 0 bridgehead atoms. The zero-order chi connectivity index (χ0) is 24.6. The largest absolute Gasteiger partial charge is 0.497 e. The molecular weight excluding hydrogens is 456 g/mol. The molecule has 0 aromatic heterocycles. The molecule has 0 fully saturated rings. The van der Waals surface area contributed by atoms with Gasteiger partial charge in [0.2, 0.25) is 5.91 Å². The Kier molecular flexibility index (Phi) is 8.10. The molecule has 0 unspecified atom stereocenters. The van der Waals surface area contributed by atoms with Crippen molar-refractivity contribution in [3.63, 3.8) is 0 Å². The molecule has 0 saturated heterocycles. The summed E-state index contributed by atoms with van der Waals surface area (Å²) in [5, 5.41) is 7.73. The highest BCUT2D eigenvalue weighted by atomic mass is 32.2. The molecule has 0 aliphatic carbocycles. The molecule has 3 aromatic rings. The first-order valence-corrected chi connectivity index (χ1v) is 11.9. The minimum atomic E-state index is -3.90. The Morgan fingerprint density at radius 1 is 0.882 bits per heavy atom.